The maximum atomic E-state index is 13.4. The highest BCUT2D eigenvalue weighted by Crippen LogP contribution is 2.36. The lowest BCUT2D eigenvalue weighted by Crippen LogP contribution is -2.31. The fraction of sp³-hybridized carbons (Fsp3) is 0.255. The molecular weight excluding hydrogens is 845 g/mol. The molecule has 0 spiro atoms. The highest BCUT2D eigenvalue weighted by atomic mass is 32.2. The lowest BCUT2D eigenvalue weighted by atomic mass is 9.96. The molecule has 16 heteroatoms. The smallest absolute Gasteiger partial charge is 0.411 e. The van der Waals surface area contributed by atoms with Gasteiger partial charge < -0.3 is 18.8 Å². The van der Waals surface area contributed by atoms with Crippen LogP contribution in [0.3, 0.4) is 0 Å². The fourth-order valence-electron chi connectivity index (χ4n) is 7.80. The lowest BCUT2D eigenvalue weighted by Gasteiger charge is -2.15. The molecule has 14 nitrogen and oxygen atoms in total. The summed E-state index contributed by atoms with van der Waals surface area (Å²) in [5, 5.41) is 3.23. The Morgan fingerprint density at radius 3 is 1.73 bits per heavy atom. The number of rotatable bonds is 14. The molecule has 1 heterocycles. The summed E-state index contributed by atoms with van der Waals surface area (Å²) in [6, 6.07) is 26.0. The number of aromatic nitrogens is 1. The Bertz CT molecular complexity index is 3090. The van der Waals surface area contributed by atoms with E-state index < -0.39 is 44.9 Å². The molecule has 63 heavy (non-hydrogen) atoms. The van der Waals surface area contributed by atoms with Gasteiger partial charge in [-0.2, -0.15) is 0 Å². The van der Waals surface area contributed by atoms with Crippen LogP contribution in [0, 0.1) is 13.8 Å². The molecule has 0 aliphatic heterocycles. The number of hydrogen-bond donors (Lipinski definition) is 3. The van der Waals surface area contributed by atoms with Crippen molar-refractivity contribution in [2.45, 2.75) is 68.3 Å². The molecule has 1 fully saturated rings. The lowest BCUT2D eigenvalue weighted by molar-refractivity contribution is 0.0972. The van der Waals surface area contributed by atoms with E-state index in [2.05, 4.69) is 14.8 Å². The van der Waals surface area contributed by atoms with Gasteiger partial charge in [0.2, 0.25) is 0 Å². The first-order valence-electron chi connectivity index (χ1n) is 21.5. The fourth-order valence-corrected chi connectivity index (χ4v) is 10.2. The Balaban J connectivity index is 1.29. The number of fused-ring (bicyclic) bond motifs is 1. The third-order valence-corrected chi connectivity index (χ3v) is 14.0. The van der Waals surface area contributed by atoms with Gasteiger partial charge in [0.15, 0.2) is 0 Å². The largest absolute Gasteiger partial charge is 0.496 e. The van der Waals surface area contributed by atoms with Gasteiger partial charge in [-0.05, 0) is 116 Å². The molecular formula is C47H48N4O10S2. The summed E-state index contributed by atoms with van der Waals surface area (Å²) in [4.78, 5) is 39.7. The summed E-state index contributed by atoms with van der Waals surface area (Å²) in [6.45, 7) is 0.468. The number of methoxy groups -OCH3 is 2. The Labute approximate surface area is 370 Å². The standard InChI is InChI=1S/C47H48N4O10S2/c1-29-12-6-10-16-43(29)62(55,56)49-45(52)33-20-18-31(41(26-33)59-4)24-37-38-28-35(48-47(54)61-36-14-8-9-15-36)22-23-39(38)51(3)40(37)25-32-19-21-34(27-42(32)60-5)46(53)50-63(57,58)44-17-11-7-13-30(44)2/h6-7,10-13,16-23,26-28,36H,8-9,14-15,24-25H2,1-5H3,(H,48,54)(H,49,52)(H,50,53)/i3D3. The van der Waals surface area contributed by atoms with E-state index in [0.29, 0.717) is 50.1 Å². The molecule has 1 aliphatic carbocycles. The van der Waals surface area contributed by atoms with Crippen molar-refractivity contribution in [1.29, 1.82) is 0 Å². The quantitative estimate of drug-likeness (QED) is 0.0977. The first-order valence-corrected chi connectivity index (χ1v) is 23.0. The number of aryl methyl sites for hydroxylation is 3. The van der Waals surface area contributed by atoms with Crippen LogP contribution in [0.4, 0.5) is 10.5 Å². The van der Waals surface area contributed by atoms with Crippen molar-refractivity contribution in [3.63, 3.8) is 0 Å². The SMILES string of the molecule is [2H]C([2H])([2H])n1c(Cc2ccc(C(=O)NS(=O)(=O)c3ccccc3C)cc2OC)c(Cc2ccc(C(=O)NS(=O)(=O)c3ccccc3C)cc2OC)c2cc(NC(=O)OC3CCCC3)ccc21. The van der Waals surface area contributed by atoms with Crippen LogP contribution in [0.5, 0.6) is 11.5 Å². The Kier molecular flexibility index (Phi) is 11.8. The van der Waals surface area contributed by atoms with Crippen LogP contribution >= 0.6 is 0 Å². The zero-order valence-corrected chi connectivity index (χ0v) is 36.6. The molecule has 3 amide bonds. The molecule has 0 saturated heterocycles. The summed E-state index contributed by atoms with van der Waals surface area (Å²) in [5.74, 6) is -1.46. The average molecular weight is 896 g/mol. The molecule has 0 unspecified atom stereocenters. The number of anilines is 1. The molecule has 0 atom stereocenters. The summed E-state index contributed by atoms with van der Waals surface area (Å²) in [6.07, 6.45) is 2.49. The predicted octanol–water partition coefficient (Wildman–Crippen LogP) is 7.72. The van der Waals surface area contributed by atoms with E-state index in [0.717, 1.165) is 25.7 Å². The van der Waals surface area contributed by atoms with Crippen molar-refractivity contribution in [2.75, 3.05) is 19.5 Å². The average Bonchev–Trinajstić information content (AvgIpc) is 3.89. The molecule has 6 aromatic rings. The zero-order chi connectivity index (χ0) is 47.6. The van der Waals surface area contributed by atoms with Gasteiger partial charge in [0.25, 0.3) is 31.9 Å². The minimum absolute atomic E-state index is 0.0109. The third-order valence-electron chi connectivity index (χ3n) is 11.0. The van der Waals surface area contributed by atoms with Gasteiger partial charge in [0.05, 0.1) is 24.0 Å². The molecule has 7 rings (SSSR count). The molecule has 328 valence electrons. The van der Waals surface area contributed by atoms with Crippen LogP contribution in [0.15, 0.2) is 113 Å². The van der Waals surface area contributed by atoms with E-state index in [1.165, 1.54) is 55.2 Å². The van der Waals surface area contributed by atoms with Crippen LogP contribution in [0.1, 0.15) is 84.0 Å². The number of benzene rings is 5. The van der Waals surface area contributed by atoms with E-state index in [1.54, 1.807) is 80.6 Å². The van der Waals surface area contributed by atoms with E-state index in [1.807, 2.05) is 0 Å². The first-order chi connectivity index (χ1) is 31.3. The topological polar surface area (TPSA) is 188 Å². The third kappa shape index (κ3) is 9.71. The van der Waals surface area contributed by atoms with Gasteiger partial charge >= 0.3 is 6.09 Å². The van der Waals surface area contributed by atoms with Crippen molar-refractivity contribution >= 4 is 54.5 Å². The molecule has 1 aromatic heterocycles. The second-order valence-corrected chi connectivity index (χ2v) is 18.5. The summed E-state index contributed by atoms with van der Waals surface area (Å²) in [5.41, 5.74) is 3.18. The number of hydrogen-bond acceptors (Lipinski definition) is 10. The van der Waals surface area contributed by atoms with Crippen LogP contribution in [0.25, 0.3) is 10.9 Å². The number of nitrogens with one attached hydrogen (secondary N) is 3. The number of sulfonamides is 2. The maximum Gasteiger partial charge on any atom is 0.411 e. The van der Waals surface area contributed by atoms with Gasteiger partial charge in [-0.25, -0.2) is 31.1 Å². The molecule has 0 radical (unpaired) electrons. The predicted molar refractivity (Wildman–Crippen MR) is 239 cm³/mol. The van der Waals surface area contributed by atoms with Gasteiger partial charge in [-0.15, -0.1) is 0 Å². The van der Waals surface area contributed by atoms with Crippen LogP contribution in [-0.4, -0.2) is 59.6 Å². The number of ether oxygens (including phenoxy) is 3. The number of amides is 3. The van der Waals surface area contributed by atoms with E-state index in [-0.39, 0.29) is 51.4 Å². The minimum Gasteiger partial charge on any atom is -0.496 e. The maximum absolute atomic E-state index is 13.4. The van der Waals surface area contributed by atoms with Crippen LogP contribution in [0.2, 0.25) is 0 Å². The van der Waals surface area contributed by atoms with Gasteiger partial charge in [0, 0.05) is 62.9 Å². The van der Waals surface area contributed by atoms with Crippen molar-refractivity contribution in [2.24, 2.45) is 6.98 Å². The van der Waals surface area contributed by atoms with Gasteiger partial charge in [-0.3, -0.25) is 14.9 Å². The van der Waals surface area contributed by atoms with Crippen molar-refractivity contribution in [3.8, 4) is 11.5 Å². The van der Waals surface area contributed by atoms with E-state index >= 15 is 0 Å². The van der Waals surface area contributed by atoms with E-state index in [4.69, 9.17) is 18.3 Å². The Hall–Kier alpha value is -6.65. The Morgan fingerprint density at radius 2 is 1.22 bits per heavy atom. The molecule has 5 aromatic carbocycles. The second kappa shape index (κ2) is 18.4. The highest BCUT2D eigenvalue weighted by molar-refractivity contribution is 7.90. The minimum atomic E-state index is -4.24. The van der Waals surface area contributed by atoms with Crippen LogP contribution in [-0.2, 0) is 44.6 Å². The first kappa shape index (κ1) is 40.4. The summed E-state index contributed by atoms with van der Waals surface area (Å²) >= 11 is 0. The molecule has 1 aliphatic rings. The second-order valence-electron chi connectivity index (χ2n) is 15.2. The number of carbonyl (C=O) groups excluding carboxylic acids is 3. The van der Waals surface area contributed by atoms with Crippen LogP contribution < -0.4 is 24.2 Å². The summed E-state index contributed by atoms with van der Waals surface area (Å²) < 4.78 is 102. The Morgan fingerprint density at radius 1 is 0.698 bits per heavy atom. The van der Waals surface area contributed by atoms with Crippen molar-refractivity contribution in [3.05, 3.63) is 148 Å². The summed E-state index contributed by atoms with van der Waals surface area (Å²) in [7, 11) is -5.73. The molecule has 1 saturated carbocycles. The normalized spacial score (nSPS) is 14.0. The number of nitrogens with zero attached hydrogens (tertiary/aromatic N) is 1. The van der Waals surface area contributed by atoms with Crippen molar-refractivity contribution in [1.82, 2.24) is 14.0 Å². The van der Waals surface area contributed by atoms with Crippen molar-refractivity contribution < 1.29 is 49.5 Å². The van der Waals surface area contributed by atoms with E-state index in [9.17, 15) is 31.2 Å². The van der Waals surface area contributed by atoms with Gasteiger partial charge in [-0.1, -0.05) is 48.5 Å². The molecule has 0 bridgehead atoms. The van der Waals surface area contributed by atoms with Gasteiger partial charge in [0.1, 0.15) is 17.6 Å². The molecule has 3 N–H and O–H groups in total. The highest BCUT2D eigenvalue weighted by Gasteiger charge is 2.26. The zero-order valence-electron chi connectivity index (χ0n) is 38.0. The number of carbonyl (C=O) groups is 3. The monoisotopic (exact) mass is 895 g/mol.